The molecule has 0 spiro atoms. The van der Waals surface area contributed by atoms with Crippen molar-refractivity contribution in [1.29, 1.82) is 0 Å². The summed E-state index contributed by atoms with van der Waals surface area (Å²) in [4.78, 5) is 9.44. The summed E-state index contributed by atoms with van der Waals surface area (Å²) >= 11 is 2.20. The SMILES string of the molecule is Ic1nc(-c2cccc(-c3ccccc3)c2)cc(-c2cccc(-c3ccccc3)c2)n1. The first-order valence-electron chi connectivity index (χ1n) is 10.1. The van der Waals surface area contributed by atoms with Crippen molar-refractivity contribution in [3.8, 4) is 44.8 Å². The molecule has 0 atom stereocenters. The first kappa shape index (κ1) is 19.6. The quantitative estimate of drug-likeness (QED) is 0.183. The molecule has 1 heterocycles. The number of benzene rings is 4. The maximum atomic E-state index is 4.72. The minimum Gasteiger partial charge on any atom is -0.223 e. The van der Waals surface area contributed by atoms with Crippen molar-refractivity contribution in [2.75, 3.05) is 0 Å². The van der Waals surface area contributed by atoms with E-state index in [9.17, 15) is 0 Å². The van der Waals surface area contributed by atoms with Crippen LogP contribution in [-0.4, -0.2) is 9.97 Å². The van der Waals surface area contributed by atoms with Crippen molar-refractivity contribution in [2.24, 2.45) is 0 Å². The summed E-state index contributed by atoms with van der Waals surface area (Å²) in [7, 11) is 0. The summed E-state index contributed by atoms with van der Waals surface area (Å²) < 4.78 is 0.736. The van der Waals surface area contributed by atoms with Gasteiger partial charge in [0.25, 0.3) is 0 Å². The van der Waals surface area contributed by atoms with E-state index < -0.39 is 0 Å². The highest BCUT2D eigenvalue weighted by Crippen LogP contribution is 2.30. The number of halogens is 1. The van der Waals surface area contributed by atoms with Crippen LogP contribution >= 0.6 is 22.6 Å². The third-order valence-corrected chi connectivity index (χ3v) is 5.71. The molecule has 1 aromatic heterocycles. The fourth-order valence-electron chi connectivity index (χ4n) is 3.69. The molecule has 0 radical (unpaired) electrons. The molecule has 0 saturated heterocycles. The van der Waals surface area contributed by atoms with Crippen LogP contribution in [0.4, 0.5) is 0 Å². The molecule has 31 heavy (non-hydrogen) atoms. The average molecular weight is 510 g/mol. The Kier molecular flexibility index (Phi) is 5.59. The van der Waals surface area contributed by atoms with Crippen molar-refractivity contribution >= 4 is 22.6 Å². The Morgan fingerprint density at radius 3 is 1.23 bits per heavy atom. The molecular formula is C28H19IN2. The summed E-state index contributed by atoms with van der Waals surface area (Å²) in [6.45, 7) is 0. The van der Waals surface area contributed by atoms with E-state index in [2.05, 4.69) is 126 Å². The number of hydrogen-bond acceptors (Lipinski definition) is 2. The average Bonchev–Trinajstić information content (AvgIpc) is 2.85. The minimum absolute atomic E-state index is 0.736. The molecule has 0 aliphatic rings. The van der Waals surface area contributed by atoms with Gasteiger partial charge in [-0.25, -0.2) is 9.97 Å². The van der Waals surface area contributed by atoms with Crippen LogP contribution in [0.25, 0.3) is 44.8 Å². The van der Waals surface area contributed by atoms with Gasteiger partial charge < -0.3 is 0 Å². The van der Waals surface area contributed by atoms with Gasteiger partial charge in [0.05, 0.1) is 11.4 Å². The Labute approximate surface area is 195 Å². The van der Waals surface area contributed by atoms with Gasteiger partial charge in [-0.1, -0.05) is 97.1 Å². The van der Waals surface area contributed by atoms with Crippen molar-refractivity contribution in [1.82, 2.24) is 9.97 Å². The van der Waals surface area contributed by atoms with Crippen molar-refractivity contribution in [3.05, 3.63) is 119 Å². The lowest BCUT2D eigenvalue weighted by molar-refractivity contribution is 1.12. The first-order chi connectivity index (χ1) is 15.3. The first-order valence-corrected chi connectivity index (χ1v) is 11.2. The van der Waals surface area contributed by atoms with Gasteiger partial charge in [0.15, 0.2) is 3.83 Å². The topological polar surface area (TPSA) is 25.8 Å². The van der Waals surface area contributed by atoms with Gasteiger partial charge in [-0.15, -0.1) is 0 Å². The zero-order chi connectivity index (χ0) is 21.0. The van der Waals surface area contributed by atoms with Crippen LogP contribution in [0.2, 0.25) is 0 Å². The minimum atomic E-state index is 0.736. The summed E-state index contributed by atoms with van der Waals surface area (Å²) in [6.07, 6.45) is 0. The molecule has 148 valence electrons. The van der Waals surface area contributed by atoms with E-state index in [1.165, 1.54) is 22.3 Å². The zero-order valence-corrected chi connectivity index (χ0v) is 18.9. The van der Waals surface area contributed by atoms with Crippen LogP contribution < -0.4 is 0 Å². The Hall–Kier alpha value is -3.31. The maximum absolute atomic E-state index is 4.72. The third kappa shape index (κ3) is 4.42. The summed E-state index contributed by atoms with van der Waals surface area (Å²) in [5, 5.41) is 0. The van der Waals surface area contributed by atoms with E-state index in [0.29, 0.717) is 0 Å². The Morgan fingerprint density at radius 2 is 0.774 bits per heavy atom. The van der Waals surface area contributed by atoms with Crippen LogP contribution in [0.15, 0.2) is 115 Å². The predicted molar refractivity (Wildman–Crippen MR) is 136 cm³/mol. The molecule has 4 aromatic carbocycles. The second kappa shape index (κ2) is 8.82. The van der Waals surface area contributed by atoms with Crippen LogP contribution in [0.5, 0.6) is 0 Å². The van der Waals surface area contributed by atoms with E-state index in [1.807, 2.05) is 12.1 Å². The lowest BCUT2D eigenvalue weighted by atomic mass is 9.99. The van der Waals surface area contributed by atoms with E-state index in [4.69, 9.17) is 9.97 Å². The molecule has 3 heteroatoms. The fraction of sp³-hybridized carbons (Fsp3) is 0. The predicted octanol–water partition coefficient (Wildman–Crippen LogP) is 7.75. The summed E-state index contributed by atoms with van der Waals surface area (Å²) in [5.74, 6) is 0. The monoisotopic (exact) mass is 510 g/mol. The van der Waals surface area contributed by atoms with Gasteiger partial charge in [-0.3, -0.25) is 0 Å². The number of rotatable bonds is 4. The van der Waals surface area contributed by atoms with Gasteiger partial charge >= 0.3 is 0 Å². The van der Waals surface area contributed by atoms with Gasteiger partial charge in [0, 0.05) is 33.7 Å². The third-order valence-electron chi connectivity index (χ3n) is 5.23. The second-order valence-electron chi connectivity index (χ2n) is 7.30. The van der Waals surface area contributed by atoms with Crippen LogP contribution in [0, 0.1) is 3.83 Å². The fourth-order valence-corrected chi connectivity index (χ4v) is 4.21. The highest BCUT2D eigenvalue weighted by Gasteiger charge is 2.09. The largest absolute Gasteiger partial charge is 0.223 e. The molecule has 0 aliphatic heterocycles. The van der Waals surface area contributed by atoms with Crippen molar-refractivity contribution < 1.29 is 0 Å². The van der Waals surface area contributed by atoms with E-state index in [1.54, 1.807) is 0 Å². The standard InChI is InChI=1S/C28H19IN2/c29-28-30-26(24-15-7-13-22(17-24)20-9-3-1-4-10-20)19-27(31-28)25-16-8-14-23(18-25)21-11-5-2-6-12-21/h1-19H. The molecule has 5 rings (SSSR count). The smallest absolute Gasteiger partial charge is 0.191 e. The van der Waals surface area contributed by atoms with Crippen LogP contribution in [0.1, 0.15) is 0 Å². The second-order valence-corrected chi connectivity index (χ2v) is 8.27. The van der Waals surface area contributed by atoms with Gasteiger partial charge in [0.1, 0.15) is 0 Å². The lowest BCUT2D eigenvalue weighted by Crippen LogP contribution is -1.95. The molecule has 0 unspecified atom stereocenters. The molecule has 0 fully saturated rings. The number of aromatic nitrogens is 2. The molecule has 0 saturated carbocycles. The highest BCUT2D eigenvalue weighted by molar-refractivity contribution is 14.1. The Bertz CT molecular complexity index is 1230. The molecule has 0 bridgehead atoms. The zero-order valence-electron chi connectivity index (χ0n) is 16.7. The number of nitrogens with zero attached hydrogens (tertiary/aromatic N) is 2. The van der Waals surface area contributed by atoms with Gasteiger partial charge in [-0.2, -0.15) is 0 Å². The van der Waals surface area contributed by atoms with Crippen molar-refractivity contribution in [3.63, 3.8) is 0 Å². The van der Waals surface area contributed by atoms with E-state index in [0.717, 1.165) is 26.3 Å². The molecular weight excluding hydrogens is 491 g/mol. The highest BCUT2D eigenvalue weighted by atomic mass is 127. The normalized spacial score (nSPS) is 10.7. The van der Waals surface area contributed by atoms with Crippen LogP contribution in [-0.2, 0) is 0 Å². The lowest BCUT2D eigenvalue weighted by Gasteiger charge is -2.09. The molecule has 0 aliphatic carbocycles. The molecule has 0 N–H and O–H groups in total. The van der Waals surface area contributed by atoms with Gasteiger partial charge in [0.2, 0.25) is 0 Å². The number of hydrogen-bond donors (Lipinski definition) is 0. The van der Waals surface area contributed by atoms with Crippen molar-refractivity contribution in [2.45, 2.75) is 0 Å². The molecule has 2 nitrogen and oxygen atoms in total. The van der Waals surface area contributed by atoms with E-state index in [-0.39, 0.29) is 0 Å². The summed E-state index contributed by atoms with van der Waals surface area (Å²) in [6, 6.07) is 40.0. The Morgan fingerprint density at radius 1 is 0.387 bits per heavy atom. The summed E-state index contributed by atoms with van der Waals surface area (Å²) in [5.41, 5.74) is 8.78. The molecule has 0 amide bonds. The van der Waals surface area contributed by atoms with E-state index >= 15 is 0 Å². The van der Waals surface area contributed by atoms with Gasteiger partial charge in [-0.05, 0) is 40.5 Å². The van der Waals surface area contributed by atoms with Crippen LogP contribution in [0.3, 0.4) is 0 Å². The Balaban J connectivity index is 1.56. The molecule has 5 aromatic rings. The maximum Gasteiger partial charge on any atom is 0.191 e.